The minimum Gasteiger partial charge on any atom is -0.493 e. The van der Waals surface area contributed by atoms with E-state index in [-0.39, 0.29) is 17.2 Å². The van der Waals surface area contributed by atoms with Crippen LogP contribution in [0.2, 0.25) is 0 Å². The van der Waals surface area contributed by atoms with Gasteiger partial charge >= 0.3 is 0 Å². The van der Waals surface area contributed by atoms with Gasteiger partial charge in [0.15, 0.2) is 17.1 Å². The number of hydrogen-bond donors (Lipinski definition) is 1. The third-order valence-electron chi connectivity index (χ3n) is 4.61. The molecule has 0 bridgehead atoms. The molecule has 0 fully saturated rings. The number of fused-ring (bicyclic) bond motifs is 1. The van der Waals surface area contributed by atoms with Crippen molar-refractivity contribution < 1.29 is 22.3 Å². The number of aromatic nitrogens is 4. The lowest BCUT2D eigenvalue weighted by Crippen LogP contribution is -2.06. The molecule has 2 aromatic heterocycles. The molecule has 4 aromatic rings. The lowest BCUT2D eigenvalue weighted by molar-refractivity contribution is 0.355. The van der Waals surface area contributed by atoms with E-state index in [0.717, 1.165) is 6.26 Å². The van der Waals surface area contributed by atoms with E-state index in [1.54, 1.807) is 18.2 Å². The van der Waals surface area contributed by atoms with Gasteiger partial charge in [-0.15, -0.1) is 5.10 Å². The third kappa shape index (κ3) is 3.63. The van der Waals surface area contributed by atoms with Crippen LogP contribution < -0.4 is 15.2 Å². The molecule has 9 nitrogen and oxygen atoms in total. The highest BCUT2D eigenvalue weighted by Crippen LogP contribution is 2.37. The highest BCUT2D eigenvalue weighted by Gasteiger charge is 2.23. The van der Waals surface area contributed by atoms with Gasteiger partial charge < -0.3 is 15.2 Å². The summed E-state index contributed by atoms with van der Waals surface area (Å²) >= 11 is 0. The predicted octanol–water partition coefficient (Wildman–Crippen LogP) is 2.62. The highest BCUT2D eigenvalue weighted by molar-refractivity contribution is 7.90. The normalized spacial score (nSPS) is 11.6. The van der Waals surface area contributed by atoms with Crippen molar-refractivity contribution in [2.45, 2.75) is 5.16 Å². The van der Waals surface area contributed by atoms with Crippen molar-refractivity contribution in [3.8, 4) is 28.4 Å². The van der Waals surface area contributed by atoms with E-state index in [4.69, 9.17) is 15.2 Å². The summed E-state index contributed by atoms with van der Waals surface area (Å²) < 4.78 is 49.7. The Morgan fingerprint density at radius 2 is 1.68 bits per heavy atom. The molecule has 0 saturated carbocycles. The highest BCUT2D eigenvalue weighted by atomic mass is 32.2. The molecule has 0 aliphatic rings. The Morgan fingerprint density at radius 3 is 2.29 bits per heavy atom. The number of anilines is 1. The van der Waals surface area contributed by atoms with Crippen molar-refractivity contribution in [2.24, 2.45) is 0 Å². The lowest BCUT2D eigenvalue weighted by atomic mass is 10.1. The summed E-state index contributed by atoms with van der Waals surface area (Å²) in [7, 11) is -0.752. The van der Waals surface area contributed by atoms with Crippen LogP contribution in [-0.4, -0.2) is 48.6 Å². The zero-order valence-corrected chi connectivity index (χ0v) is 17.6. The standard InChI is InChI=1S/C20H18FN5O4S/c1-29-14-9-4-11(10-15(14)30-2)17-16-18(22)26(13-7-5-12(21)6-8-13)25-19(16)24-20(23-17)31(3,27)28/h4-10H,22H2,1-3H3. The fourth-order valence-corrected chi connectivity index (χ4v) is 3.64. The maximum Gasteiger partial charge on any atom is 0.249 e. The van der Waals surface area contributed by atoms with Crippen molar-refractivity contribution in [3.63, 3.8) is 0 Å². The molecule has 0 amide bonds. The molecule has 0 aliphatic carbocycles. The van der Waals surface area contributed by atoms with Gasteiger partial charge in [-0.1, -0.05) is 0 Å². The van der Waals surface area contributed by atoms with Crippen LogP contribution in [0.15, 0.2) is 47.6 Å². The van der Waals surface area contributed by atoms with Crippen LogP contribution >= 0.6 is 0 Å². The molecule has 2 heterocycles. The van der Waals surface area contributed by atoms with E-state index in [2.05, 4.69) is 15.1 Å². The molecule has 160 valence electrons. The molecule has 11 heteroatoms. The number of benzene rings is 2. The molecular formula is C20H18FN5O4S. The molecule has 4 rings (SSSR count). The van der Waals surface area contributed by atoms with Crippen LogP contribution in [0.4, 0.5) is 10.2 Å². The smallest absolute Gasteiger partial charge is 0.249 e. The van der Waals surface area contributed by atoms with Gasteiger partial charge in [-0.05, 0) is 42.5 Å². The maximum absolute atomic E-state index is 13.3. The molecule has 0 spiro atoms. The van der Waals surface area contributed by atoms with Gasteiger partial charge in [-0.3, -0.25) is 0 Å². The first-order valence-corrected chi connectivity index (χ1v) is 10.9. The number of nitrogen functional groups attached to an aromatic ring is 1. The van der Waals surface area contributed by atoms with Crippen LogP contribution in [0.1, 0.15) is 0 Å². The van der Waals surface area contributed by atoms with E-state index >= 15 is 0 Å². The molecule has 2 N–H and O–H groups in total. The van der Waals surface area contributed by atoms with Gasteiger partial charge in [-0.2, -0.15) is 4.98 Å². The Bertz CT molecular complexity index is 1400. The average Bonchev–Trinajstić information content (AvgIpc) is 3.09. The first kappa shape index (κ1) is 20.5. The molecule has 0 unspecified atom stereocenters. The number of nitrogens with two attached hydrogens (primary N) is 1. The van der Waals surface area contributed by atoms with Gasteiger partial charge in [0.05, 0.1) is 31.0 Å². The van der Waals surface area contributed by atoms with Gasteiger partial charge in [0.1, 0.15) is 11.6 Å². The predicted molar refractivity (Wildman–Crippen MR) is 113 cm³/mol. The van der Waals surface area contributed by atoms with Crippen LogP contribution in [0.3, 0.4) is 0 Å². The summed E-state index contributed by atoms with van der Waals surface area (Å²) in [6.45, 7) is 0. The zero-order valence-electron chi connectivity index (χ0n) is 16.8. The van der Waals surface area contributed by atoms with Crippen molar-refractivity contribution in [2.75, 3.05) is 26.2 Å². The molecule has 31 heavy (non-hydrogen) atoms. The monoisotopic (exact) mass is 443 g/mol. The van der Waals surface area contributed by atoms with Crippen molar-refractivity contribution in [3.05, 3.63) is 48.3 Å². The Kier molecular flexibility index (Phi) is 4.97. The largest absolute Gasteiger partial charge is 0.493 e. The first-order valence-electron chi connectivity index (χ1n) is 8.97. The Labute approximate surface area is 177 Å². The van der Waals surface area contributed by atoms with Gasteiger partial charge in [0, 0.05) is 11.8 Å². The van der Waals surface area contributed by atoms with Crippen molar-refractivity contribution in [1.82, 2.24) is 19.7 Å². The SMILES string of the molecule is COc1ccc(-c2nc(S(C)(=O)=O)nc3nn(-c4ccc(F)cc4)c(N)c23)cc1OC. The van der Waals surface area contributed by atoms with Crippen LogP contribution in [0.5, 0.6) is 11.5 Å². The fraction of sp³-hybridized carbons (Fsp3) is 0.150. The van der Waals surface area contributed by atoms with E-state index in [1.165, 1.54) is 43.2 Å². The second kappa shape index (κ2) is 7.51. The maximum atomic E-state index is 13.3. The molecular weight excluding hydrogens is 425 g/mol. The number of rotatable bonds is 5. The minimum atomic E-state index is -3.74. The van der Waals surface area contributed by atoms with Crippen molar-refractivity contribution in [1.29, 1.82) is 0 Å². The lowest BCUT2D eigenvalue weighted by Gasteiger charge is -2.11. The summed E-state index contributed by atoms with van der Waals surface area (Å²) in [6, 6.07) is 10.6. The number of ether oxygens (including phenoxy) is 2. The zero-order chi connectivity index (χ0) is 22.3. The summed E-state index contributed by atoms with van der Waals surface area (Å²) in [6.07, 6.45) is 1.01. The second-order valence-electron chi connectivity index (χ2n) is 6.67. The van der Waals surface area contributed by atoms with Gasteiger partial charge in [0.25, 0.3) is 0 Å². The second-order valence-corrected chi connectivity index (χ2v) is 8.58. The fourth-order valence-electron chi connectivity index (χ4n) is 3.13. The Hall–Kier alpha value is -3.73. The molecule has 0 saturated heterocycles. The molecule has 0 aliphatic heterocycles. The molecule has 0 atom stereocenters. The quantitative estimate of drug-likeness (QED) is 0.467. The van der Waals surface area contributed by atoms with E-state index < -0.39 is 20.8 Å². The van der Waals surface area contributed by atoms with Crippen LogP contribution in [0.25, 0.3) is 28.0 Å². The summed E-state index contributed by atoms with van der Waals surface area (Å²) in [5.41, 5.74) is 7.71. The number of hydrogen-bond acceptors (Lipinski definition) is 8. The topological polar surface area (TPSA) is 122 Å². The van der Waals surface area contributed by atoms with E-state index in [9.17, 15) is 12.8 Å². The van der Waals surface area contributed by atoms with Crippen LogP contribution in [-0.2, 0) is 9.84 Å². The van der Waals surface area contributed by atoms with Crippen molar-refractivity contribution >= 4 is 26.7 Å². The Balaban J connectivity index is 2.04. The third-order valence-corrected chi connectivity index (χ3v) is 5.45. The minimum absolute atomic E-state index is 0.0852. The van der Waals surface area contributed by atoms with Crippen LogP contribution in [0, 0.1) is 5.82 Å². The number of nitrogens with zero attached hydrogens (tertiary/aromatic N) is 4. The number of methoxy groups -OCH3 is 2. The number of halogens is 1. The van der Waals surface area contributed by atoms with E-state index in [0.29, 0.717) is 28.1 Å². The average molecular weight is 443 g/mol. The molecule has 2 aromatic carbocycles. The first-order chi connectivity index (χ1) is 14.7. The summed E-state index contributed by atoms with van der Waals surface area (Å²) in [4.78, 5) is 8.36. The summed E-state index contributed by atoms with van der Waals surface area (Å²) in [5, 5.41) is 4.30. The Morgan fingerprint density at radius 1 is 1.00 bits per heavy atom. The van der Waals surface area contributed by atoms with Gasteiger partial charge in [0.2, 0.25) is 15.0 Å². The summed E-state index contributed by atoms with van der Waals surface area (Å²) in [5.74, 6) is 0.683. The molecule has 0 radical (unpaired) electrons. The number of sulfone groups is 1. The van der Waals surface area contributed by atoms with E-state index in [1.807, 2.05) is 0 Å². The van der Waals surface area contributed by atoms with Gasteiger partial charge in [-0.25, -0.2) is 22.5 Å².